The number of nitrogens with zero attached hydrogens (tertiary/aromatic N) is 2. The lowest BCUT2D eigenvalue weighted by molar-refractivity contribution is 0.515. The van der Waals surface area contributed by atoms with E-state index in [4.69, 9.17) is 0 Å². The van der Waals surface area contributed by atoms with Gasteiger partial charge in [0.15, 0.2) is 0 Å². The van der Waals surface area contributed by atoms with Crippen molar-refractivity contribution in [2.24, 2.45) is 0 Å². The fraction of sp³-hybridized carbons (Fsp3) is 0.700. The van der Waals surface area contributed by atoms with Gasteiger partial charge >= 0.3 is 0 Å². The van der Waals surface area contributed by atoms with Gasteiger partial charge in [-0.1, -0.05) is 12.8 Å². The van der Waals surface area contributed by atoms with Crippen LogP contribution in [0.5, 0.6) is 0 Å². The van der Waals surface area contributed by atoms with Gasteiger partial charge in [-0.15, -0.1) is 0 Å². The van der Waals surface area contributed by atoms with Gasteiger partial charge in [-0.05, 0) is 26.2 Å². The van der Waals surface area contributed by atoms with Crippen LogP contribution in [0.2, 0.25) is 0 Å². The van der Waals surface area contributed by atoms with E-state index in [0.29, 0.717) is 0 Å². The van der Waals surface area contributed by atoms with Crippen molar-refractivity contribution in [3.05, 3.63) is 17.7 Å². The van der Waals surface area contributed by atoms with Crippen LogP contribution in [0.1, 0.15) is 37.2 Å². The Balaban J connectivity index is 2.26. The normalized spacial score (nSPS) is 18.1. The molecule has 0 radical (unpaired) electrons. The van der Waals surface area contributed by atoms with Crippen LogP contribution in [-0.2, 0) is 13.0 Å². The first-order valence-corrected chi connectivity index (χ1v) is 4.89. The Labute approximate surface area is 73.6 Å². The van der Waals surface area contributed by atoms with Gasteiger partial charge in [0.2, 0.25) is 0 Å². The monoisotopic (exact) mass is 164 g/mol. The topological polar surface area (TPSA) is 17.8 Å². The second kappa shape index (κ2) is 3.30. The third kappa shape index (κ3) is 1.38. The van der Waals surface area contributed by atoms with Crippen LogP contribution in [0.15, 0.2) is 6.20 Å². The van der Waals surface area contributed by atoms with Crippen molar-refractivity contribution in [1.82, 2.24) is 9.55 Å². The molecule has 0 spiro atoms. The number of aryl methyl sites for hydroxylation is 2. The number of hydrogen-bond acceptors (Lipinski definition) is 1. The van der Waals surface area contributed by atoms with Crippen LogP contribution in [0, 0.1) is 6.92 Å². The molecule has 1 aliphatic rings. The molecule has 66 valence electrons. The summed E-state index contributed by atoms with van der Waals surface area (Å²) in [6.45, 7) is 3.28. The van der Waals surface area contributed by atoms with E-state index in [1.54, 1.807) is 0 Å². The summed E-state index contributed by atoms with van der Waals surface area (Å²) < 4.78 is 2.37. The Morgan fingerprint density at radius 2 is 2.08 bits per heavy atom. The van der Waals surface area contributed by atoms with E-state index < -0.39 is 0 Å². The first-order valence-electron chi connectivity index (χ1n) is 4.89. The fourth-order valence-electron chi connectivity index (χ4n) is 1.95. The van der Waals surface area contributed by atoms with E-state index in [1.807, 2.05) is 6.20 Å². The number of aromatic nitrogens is 2. The molecule has 0 bridgehead atoms. The zero-order valence-corrected chi connectivity index (χ0v) is 7.71. The van der Waals surface area contributed by atoms with Gasteiger partial charge in [-0.2, -0.15) is 0 Å². The zero-order chi connectivity index (χ0) is 8.39. The molecule has 1 aliphatic heterocycles. The Hall–Kier alpha value is -0.790. The molecule has 12 heavy (non-hydrogen) atoms. The average molecular weight is 164 g/mol. The van der Waals surface area contributed by atoms with Crippen LogP contribution in [0.4, 0.5) is 0 Å². The number of hydrogen-bond donors (Lipinski definition) is 0. The minimum Gasteiger partial charge on any atom is -0.332 e. The molecule has 1 aromatic heterocycles. The number of imidazole rings is 1. The van der Waals surface area contributed by atoms with Crippen molar-refractivity contribution in [2.75, 3.05) is 0 Å². The maximum Gasteiger partial charge on any atom is 0.105 e. The fourth-order valence-corrected chi connectivity index (χ4v) is 1.95. The molecule has 0 N–H and O–H groups in total. The third-order valence-electron chi connectivity index (χ3n) is 2.70. The van der Waals surface area contributed by atoms with E-state index in [9.17, 15) is 0 Å². The highest BCUT2D eigenvalue weighted by atomic mass is 15.1. The summed E-state index contributed by atoms with van der Waals surface area (Å²) in [5.74, 6) is 1.19. The molecule has 2 nitrogen and oxygen atoms in total. The van der Waals surface area contributed by atoms with Gasteiger partial charge in [0, 0.05) is 18.4 Å². The van der Waals surface area contributed by atoms with Gasteiger partial charge in [-0.25, -0.2) is 4.98 Å². The van der Waals surface area contributed by atoms with Gasteiger partial charge in [-0.3, -0.25) is 0 Å². The summed E-state index contributed by atoms with van der Waals surface area (Å²) >= 11 is 0. The average Bonchev–Trinajstić information content (AvgIpc) is 2.31. The Morgan fingerprint density at radius 3 is 3.00 bits per heavy atom. The molecule has 0 fully saturated rings. The minimum atomic E-state index is 1.18. The SMILES string of the molecule is Cc1ncc2n1CCCCCC2. The minimum absolute atomic E-state index is 1.18. The van der Waals surface area contributed by atoms with Crippen LogP contribution < -0.4 is 0 Å². The van der Waals surface area contributed by atoms with Crippen LogP contribution in [0.3, 0.4) is 0 Å². The maximum atomic E-state index is 4.34. The molecule has 0 unspecified atom stereocenters. The highest BCUT2D eigenvalue weighted by molar-refractivity contribution is 5.05. The Bertz CT molecular complexity index is 263. The van der Waals surface area contributed by atoms with Crippen molar-refractivity contribution < 1.29 is 0 Å². The van der Waals surface area contributed by atoms with E-state index >= 15 is 0 Å². The Morgan fingerprint density at radius 1 is 1.25 bits per heavy atom. The molecular formula is C10H16N2. The maximum absolute atomic E-state index is 4.34. The van der Waals surface area contributed by atoms with Crippen LogP contribution in [-0.4, -0.2) is 9.55 Å². The summed E-state index contributed by atoms with van der Waals surface area (Å²) in [4.78, 5) is 4.34. The van der Waals surface area contributed by atoms with Crippen LogP contribution in [0.25, 0.3) is 0 Å². The lowest BCUT2D eigenvalue weighted by atomic mass is 10.1. The molecule has 2 heteroatoms. The molecule has 1 aromatic rings. The van der Waals surface area contributed by atoms with Crippen molar-refractivity contribution >= 4 is 0 Å². The lowest BCUT2D eigenvalue weighted by Crippen LogP contribution is -2.07. The Kier molecular flexibility index (Phi) is 2.15. The quantitative estimate of drug-likeness (QED) is 0.575. The summed E-state index contributed by atoms with van der Waals surface area (Å²) in [5.41, 5.74) is 1.44. The highest BCUT2D eigenvalue weighted by Crippen LogP contribution is 2.15. The summed E-state index contributed by atoms with van der Waals surface area (Å²) in [5, 5.41) is 0. The molecule has 0 saturated heterocycles. The smallest absolute Gasteiger partial charge is 0.105 e. The molecule has 0 atom stereocenters. The van der Waals surface area contributed by atoms with E-state index in [1.165, 1.54) is 50.2 Å². The zero-order valence-electron chi connectivity index (χ0n) is 7.71. The van der Waals surface area contributed by atoms with Crippen molar-refractivity contribution in [2.45, 2.75) is 45.6 Å². The predicted molar refractivity (Wildman–Crippen MR) is 49.1 cm³/mol. The molecule has 0 aliphatic carbocycles. The van der Waals surface area contributed by atoms with Crippen molar-refractivity contribution in [3.63, 3.8) is 0 Å². The van der Waals surface area contributed by atoms with Gasteiger partial charge < -0.3 is 4.57 Å². The summed E-state index contributed by atoms with van der Waals surface area (Å²) in [6.07, 6.45) is 8.71. The van der Waals surface area contributed by atoms with E-state index in [-0.39, 0.29) is 0 Å². The first kappa shape index (κ1) is 7.84. The van der Waals surface area contributed by atoms with Gasteiger partial charge in [0.05, 0.1) is 0 Å². The molecule has 0 amide bonds. The van der Waals surface area contributed by atoms with Crippen molar-refractivity contribution in [1.29, 1.82) is 0 Å². The van der Waals surface area contributed by atoms with Crippen molar-refractivity contribution in [3.8, 4) is 0 Å². The molecular weight excluding hydrogens is 148 g/mol. The molecule has 2 rings (SSSR count). The van der Waals surface area contributed by atoms with Crippen LogP contribution >= 0.6 is 0 Å². The largest absolute Gasteiger partial charge is 0.332 e. The molecule has 2 heterocycles. The summed E-state index contributed by atoms with van der Waals surface area (Å²) in [7, 11) is 0. The second-order valence-electron chi connectivity index (χ2n) is 3.61. The second-order valence-corrected chi connectivity index (χ2v) is 3.61. The summed E-state index contributed by atoms with van der Waals surface area (Å²) in [6, 6.07) is 0. The molecule has 0 saturated carbocycles. The first-order chi connectivity index (χ1) is 5.88. The highest BCUT2D eigenvalue weighted by Gasteiger charge is 2.08. The number of rotatable bonds is 0. The van der Waals surface area contributed by atoms with E-state index in [0.717, 1.165) is 0 Å². The van der Waals surface area contributed by atoms with E-state index in [2.05, 4.69) is 16.5 Å². The molecule has 0 aromatic carbocycles. The van der Waals surface area contributed by atoms with Gasteiger partial charge in [0.25, 0.3) is 0 Å². The standard InChI is InChI=1S/C10H16N2/c1-9-11-8-10-6-4-2-3-5-7-12(9)10/h8H,2-7H2,1H3. The number of fused-ring (bicyclic) bond motifs is 1. The lowest BCUT2D eigenvalue weighted by Gasteiger charge is -2.13. The third-order valence-corrected chi connectivity index (χ3v) is 2.70. The predicted octanol–water partition coefficient (Wildman–Crippen LogP) is 2.31. The van der Waals surface area contributed by atoms with Gasteiger partial charge in [0.1, 0.15) is 5.82 Å².